The second-order valence-corrected chi connectivity index (χ2v) is 7.97. The van der Waals surface area contributed by atoms with Crippen molar-refractivity contribution in [3.05, 3.63) is 35.7 Å². The third-order valence-electron chi connectivity index (χ3n) is 5.32. The summed E-state index contributed by atoms with van der Waals surface area (Å²) < 4.78 is 15.2. The maximum absolute atomic E-state index is 12.8. The van der Waals surface area contributed by atoms with Gasteiger partial charge in [0.2, 0.25) is 11.0 Å². The van der Waals surface area contributed by atoms with E-state index in [0.29, 0.717) is 32.7 Å². The van der Waals surface area contributed by atoms with Gasteiger partial charge in [-0.15, -0.1) is 0 Å². The molecule has 8 heteroatoms. The van der Waals surface area contributed by atoms with Crippen molar-refractivity contribution < 1.29 is 14.3 Å². The van der Waals surface area contributed by atoms with E-state index in [1.165, 1.54) is 11.5 Å². The third kappa shape index (κ3) is 4.44. The van der Waals surface area contributed by atoms with Gasteiger partial charge in [-0.2, -0.15) is 4.37 Å². The fourth-order valence-electron chi connectivity index (χ4n) is 3.80. The van der Waals surface area contributed by atoms with Crippen molar-refractivity contribution >= 4 is 22.6 Å². The predicted molar refractivity (Wildman–Crippen MR) is 108 cm³/mol. The molecule has 2 aliphatic heterocycles. The number of aromatic nitrogens is 2. The van der Waals surface area contributed by atoms with Gasteiger partial charge in [0, 0.05) is 44.1 Å². The van der Waals surface area contributed by atoms with Gasteiger partial charge in [-0.3, -0.25) is 4.79 Å². The van der Waals surface area contributed by atoms with Crippen LogP contribution in [0.3, 0.4) is 0 Å². The van der Waals surface area contributed by atoms with Crippen LogP contribution in [0, 0.1) is 5.92 Å². The molecule has 1 amide bonds. The van der Waals surface area contributed by atoms with Crippen LogP contribution in [-0.4, -0.2) is 66.7 Å². The quantitative estimate of drug-likeness (QED) is 0.764. The zero-order valence-electron chi connectivity index (χ0n) is 16.2. The molecule has 0 spiro atoms. The molecule has 7 nitrogen and oxygen atoms in total. The molecular formula is C20H26N4O3S. The number of anilines is 1. The van der Waals surface area contributed by atoms with Crippen LogP contribution in [0.2, 0.25) is 0 Å². The Bertz CT molecular complexity index is 806. The summed E-state index contributed by atoms with van der Waals surface area (Å²) in [5.41, 5.74) is 1.13. The molecule has 1 unspecified atom stereocenters. The highest BCUT2D eigenvalue weighted by Gasteiger charge is 2.31. The first-order valence-electron chi connectivity index (χ1n) is 9.80. The van der Waals surface area contributed by atoms with Crippen LogP contribution in [0.5, 0.6) is 5.75 Å². The second-order valence-electron chi connectivity index (χ2n) is 7.24. The van der Waals surface area contributed by atoms with E-state index in [9.17, 15) is 4.79 Å². The molecule has 4 rings (SSSR count). The summed E-state index contributed by atoms with van der Waals surface area (Å²) in [7, 11) is 1.67. The highest BCUT2D eigenvalue weighted by Crippen LogP contribution is 2.27. The van der Waals surface area contributed by atoms with Crippen LogP contribution in [0.15, 0.2) is 24.3 Å². The highest BCUT2D eigenvalue weighted by molar-refractivity contribution is 7.09. The van der Waals surface area contributed by atoms with E-state index in [-0.39, 0.29) is 11.8 Å². The van der Waals surface area contributed by atoms with E-state index in [1.807, 2.05) is 23.1 Å². The fourth-order valence-corrected chi connectivity index (χ4v) is 4.52. The highest BCUT2D eigenvalue weighted by atomic mass is 32.1. The average molecular weight is 403 g/mol. The number of rotatable bonds is 5. The Balaban J connectivity index is 1.39. The topological polar surface area (TPSA) is 67.8 Å². The van der Waals surface area contributed by atoms with E-state index >= 15 is 0 Å². The van der Waals surface area contributed by atoms with Gasteiger partial charge in [0.15, 0.2) is 0 Å². The Morgan fingerprint density at radius 2 is 2.18 bits per heavy atom. The molecule has 0 radical (unpaired) electrons. The Labute approximate surface area is 169 Å². The molecule has 0 aliphatic carbocycles. The first-order valence-corrected chi connectivity index (χ1v) is 10.6. The van der Waals surface area contributed by atoms with Gasteiger partial charge in [0.1, 0.15) is 11.6 Å². The van der Waals surface area contributed by atoms with Crippen molar-refractivity contribution in [2.24, 2.45) is 5.92 Å². The molecule has 2 fully saturated rings. The van der Waals surface area contributed by atoms with Gasteiger partial charge >= 0.3 is 0 Å². The number of piperidine rings is 1. The number of hydrogen-bond acceptors (Lipinski definition) is 7. The number of nitrogens with zero attached hydrogens (tertiary/aromatic N) is 4. The summed E-state index contributed by atoms with van der Waals surface area (Å²) in [6, 6.07) is 7.98. The molecule has 1 atom stereocenters. The van der Waals surface area contributed by atoms with Crippen LogP contribution in [0.1, 0.15) is 24.2 Å². The summed E-state index contributed by atoms with van der Waals surface area (Å²) in [6.45, 7) is 4.36. The molecule has 1 aromatic heterocycles. The normalized spacial score (nSPS) is 20.2. The third-order valence-corrected chi connectivity index (χ3v) is 6.13. The molecule has 0 saturated carbocycles. The molecule has 28 heavy (non-hydrogen) atoms. The number of ether oxygens (including phenoxy) is 2. The maximum atomic E-state index is 12.8. The van der Waals surface area contributed by atoms with Crippen molar-refractivity contribution in [1.29, 1.82) is 0 Å². The van der Waals surface area contributed by atoms with Gasteiger partial charge < -0.3 is 19.3 Å². The van der Waals surface area contributed by atoms with Crippen LogP contribution in [-0.2, 0) is 16.0 Å². The molecule has 3 heterocycles. The number of carbonyl (C=O) groups is 1. The first kappa shape index (κ1) is 19.1. The van der Waals surface area contributed by atoms with E-state index in [2.05, 4.69) is 15.3 Å². The number of hydrogen-bond donors (Lipinski definition) is 0. The minimum Gasteiger partial charge on any atom is -0.497 e. The molecule has 2 aliphatic rings. The summed E-state index contributed by atoms with van der Waals surface area (Å²) in [5.74, 6) is 1.95. The number of carbonyl (C=O) groups excluding carboxylic acids is 1. The summed E-state index contributed by atoms with van der Waals surface area (Å²) in [4.78, 5) is 21.7. The van der Waals surface area contributed by atoms with E-state index in [0.717, 1.165) is 48.2 Å². The van der Waals surface area contributed by atoms with E-state index in [1.54, 1.807) is 7.11 Å². The summed E-state index contributed by atoms with van der Waals surface area (Å²) >= 11 is 1.42. The monoisotopic (exact) mass is 402 g/mol. The van der Waals surface area contributed by atoms with Crippen molar-refractivity contribution in [2.45, 2.75) is 19.3 Å². The molecule has 2 aromatic rings. The van der Waals surface area contributed by atoms with Crippen LogP contribution >= 0.6 is 11.5 Å². The smallest absolute Gasteiger partial charge is 0.227 e. The lowest BCUT2D eigenvalue weighted by atomic mass is 9.96. The van der Waals surface area contributed by atoms with Crippen molar-refractivity contribution in [3.63, 3.8) is 0 Å². The molecule has 150 valence electrons. The lowest BCUT2D eigenvalue weighted by Gasteiger charge is -2.35. The second kappa shape index (κ2) is 8.87. The molecule has 1 aromatic carbocycles. The molecule has 2 saturated heterocycles. The van der Waals surface area contributed by atoms with Gasteiger partial charge in [0.05, 0.1) is 26.2 Å². The van der Waals surface area contributed by atoms with Gasteiger partial charge in [-0.25, -0.2) is 4.98 Å². The lowest BCUT2D eigenvalue weighted by molar-refractivity contribution is -0.139. The van der Waals surface area contributed by atoms with Crippen molar-refractivity contribution in [2.75, 3.05) is 51.4 Å². The van der Waals surface area contributed by atoms with E-state index in [4.69, 9.17) is 14.5 Å². The minimum absolute atomic E-state index is 0.0394. The standard InChI is InChI=1S/C20H26N4O3S/c1-26-17-6-2-4-15(12-17)13-18-21-20(28-22-18)24-7-3-5-16(14-24)19(25)23-8-10-27-11-9-23/h2,4,6,12,16H,3,5,7-11,13-14H2,1H3. The lowest BCUT2D eigenvalue weighted by Crippen LogP contribution is -2.48. The Morgan fingerprint density at radius 3 is 3.00 bits per heavy atom. The summed E-state index contributed by atoms with van der Waals surface area (Å²) in [5, 5.41) is 0.914. The molecular weight excluding hydrogens is 376 g/mol. The minimum atomic E-state index is 0.0394. The van der Waals surface area contributed by atoms with Gasteiger partial charge in [0.25, 0.3) is 0 Å². The predicted octanol–water partition coefficient (Wildman–Crippen LogP) is 2.21. The summed E-state index contributed by atoms with van der Waals surface area (Å²) in [6.07, 6.45) is 2.63. The van der Waals surface area contributed by atoms with Crippen molar-refractivity contribution in [3.8, 4) is 5.75 Å². The number of benzene rings is 1. The first-order chi connectivity index (χ1) is 13.7. The maximum Gasteiger partial charge on any atom is 0.227 e. The van der Waals surface area contributed by atoms with Crippen LogP contribution in [0.25, 0.3) is 0 Å². The zero-order valence-corrected chi connectivity index (χ0v) is 17.0. The molecule has 0 N–H and O–H groups in total. The van der Waals surface area contributed by atoms with Crippen molar-refractivity contribution in [1.82, 2.24) is 14.3 Å². The number of amides is 1. The zero-order chi connectivity index (χ0) is 19.3. The number of morpholine rings is 1. The largest absolute Gasteiger partial charge is 0.497 e. The number of methoxy groups -OCH3 is 1. The molecule has 0 bridgehead atoms. The average Bonchev–Trinajstić information content (AvgIpc) is 3.22. The van der Waals surface area contributed by atoms with Gasteiger partial charge in [-0.1, -0.05) is 12.1 Å². The van der Waals surface area contributed by atoms with Crippen LogP contribution < -0.4 is 9.64 Å². The Morgan fingerprint density at radius 1 is 1.32 bits per heavy atom. The Hall–Kier alpha value is -2.19. The SMILES string of the molecule is COc1cccc(Cc2nsc(N3CCCC(C(=O)N4CCOCC4)C3)n2)c1. The Kier molecular flexibility index (Phi) is 6.07. The van der Waals surface area contributed by atoms with Crippen LogP contribution in [0.4, 0.5) is 5.13 Å². The van der Waals surface area contributed by atoms with E-state index < -0.39 is 0 Å². The van der Waals surface area contributed by atoms with Gasteiger partial charge in [-0.05, 0) is 30.5 Å². The fraction of sp³-hybridized carbons (Fsp3) is 0.550.